The van der Waals surface area contributed by atoms with Crippen LogP contribution in [0.1, 0.15) is 20.8 Å². The lowest BCUT2D eigenvalue weighted by molar-refractivity contribution is 0.0636. The Balaban J connectivity index is 2.13. The molecule has 112 valence electrons. The van der Waals surface area contributed by atoms with Crippen LogP contribution in [0.2, 0.25) is 5.02 Å². The minimum atomic E-state index is -0.597. The van der Waals surface area contributed by atoms with Gasteiger partial charge in [0.2, 0.25) is 0 Å². The molecule has 1 N–H and O–H groups in total. The van der Waals surface area contributed by atoms with Crippen molar-refractivity contribution in [3.8, 4) is 10.4 Å². The fraction of sp³-hybridized carbons (Fsp3) is 0.286. The van der Waals surface area contributed by atoms with Crippen molar-refractivity contribution in [1.82, 2.24) is 4.98 Å². The molecule has 0 saturated carbocycles. The quantitative estimate of drug-likeness (QED) is 0.848. The van der Waals surface area contributed by atoms with Gasteiger partial charge < -0.3 is 4.74 Å². The van der Waals surface area contributed by atoms with E-state index in [0.717, 1.165) is 11.3 Å². The van der Waals surface area contributed by atoms with Gasteiger partial charge in [-0.15, -0.1) is 0 Å². The first-order valence-electron chi connectivity index (χ1n) is 6.16. The number of hydrogen-bond donors (Lipinski definition) is 1. The molecule has 2 rings (SSSR count). The van der Waals surface area contributed by atoms with Crippen LogP contribution in [0.4, 0.5) is 14.3 Å². The molecule has 4 nitrogen and oxygen atoms in total. The minimum Gasteiger partial charge on any atom is -0.444 e. The first-order chi connectivity index (χ1) is 9.74. The SMILES string of the molecule is CC(C)(C)OC(=O)Nc1ncc(-c2ccc(Cl)cc2F)s1. The summed E-state index contributed by atoms with van der Waals surface area (Å²) >= 11 is 6.87. The van der Waals surface area contributed by atoms with E-state index in [4.69, 9.17) is 16.3 Å². The largest absolute Gasteiger partial charge is 0.444 e. The van der Waals surface area contributed by atoms with Crippen molar-refractivity contribution in [2.45, 2.75) is 26.4 Å². The first-order valence-corrected chi connectivity index (χ1v) is 7.35. The summed E-state index contributed by atoms with van der Waals surface area (Å²) in [7, 11) is 0. The van der Waals surface area contributed by atoms with Crippen molar-refractivity contribution < 1.29 is 13.9 Å². The third kappa shape index (κ3) is 4.41. The van der Waals surface area contributed by atoms with E-state index in [2.05, 4.69) is 10.3 Å². The molecule has 0 aliphatic carbocycles. The topological polar surface area (TPSA) is 51.2 Å². The number of nitrogens with one attached hydrogen (secondary N) is 1. The molecular formula is C14H14ClFN2O2S. The predicted molar refractivity (Wildman–Crippen MR) is 82.4 cm³/mol. The smallest absolute Gasteiger partial charge is 0.413 e. The van der Waals surface area contributed by atoms with Crippen molar-refractivity contribution in [2.75, 3.05) is 5.32 Å². The van der Waals surface area contributed by atoms with Crippen LogP contribution in [-0.4, -0.2) is 16.7 Å². The van der Waals surface area contributed by atoms with Crippen molar-refractivity contribution in [2.24, 2.45) is 0 Å². The van der Waals surface area contributed by atoms with Crippen LogP contribution in [-0.2, 0) is 4.74 Å². The molecule has 0 fully saturated rings. The summed E-state index contributed by atoms with van der Waals surface area (Å²) in [6.07, 6.45) is 0.893. The van der Waals surface area contributed by atoms with E-state index in [1.54, 1.807) is 32.9 Å². The molecule has 0 aliphatic heterocycles. The van der Waals surface area contributed by atoms with Crippen LogP contribution in [0.3, 0.4) is 0 Å². The average molecular weight is 329 g/mol. The first kappa shape index (κ1) is 15.7. The van der Waals surface area contributed by atoms with Crippen molar-refractivity contribution >= 4 is 34.2 Å². The lowest BCUT2D eigenvalue weighted by Gasteiger charge is -2.18. The third-order valence-corrected chi connectivity index (χ3v) is 3.49. The maximum Gasteiger partial charge on any atom is 0.413 e. The normalized spacial score (nSPS) is 11.3. The number of thiazole rings is 1. The van der Waals surface area contributed by atoms with E-state index in [1.165, 1.54) is 12.3 Å². The van der Waals surface area contributed by atoms with E-state index in [-0.39, 0.29) is 0 Å². The second kappa shape index (κ2) is 5.99. The number of carbonyl (C=O) groups is 1. The van der Waals surface area contributed by atoms with Gasteiger partial charge in [-0.1, -0.05) is 22.9 Å². The number of ether oxygens (including phenoxy) is 1. The highest BCUT2D eigenvalue weighted by atomic mass is 35.5. The Kier molecular flexibility index (Phi) is 4.49. The van der Waals surface area contributed by atoms with Gasteiger partial charge in [-0.3, -0.25) is 5.32 Å². The molecule has 0 unspecified atom stereocenters. The molecule has 0 aliphatic rings. The summed E-state index contributed by atoms with van der Waals surface area (Å²) in [6, 6.07) is 4.40. The van der Waals surface area contributed by atoms with Crippen LogP contribution < -0.4 is 5.32 Å². The Morgan fingerprint density at radius 3 is 2.76 bits per heavy atom. The fourth-order valence-electron chi connectivity index (χ4n) is 1.54. The van der Waals surface area contributed by atoms with Gasteiger partial charge in [-0.2, -0.15) is 0 Å². The minimum absolute atomic E-state index is 0.327. The summed E-state index contributed by atoms with van der Waals surface area (Å²) in [5, 5.41) is 3.19. The monoisotopic (exact) mass is 328 g/mol. The summed E-state index contributed by atoms with van der Waals surface area (Å²) in [5.74, 6) is -0.435. The molecule has 21 heavy (non-hydrogen) atoms. The second-order valence-corrected chi connectivity index (χ2v) is 6.75. The maximum absolute atomic E-state index is 13.8. The van der Waals surface area contributed by atoms with Gasteiger partial charge in [-0.25, -0.2) is 14.2 Å². The van der Waals surface area contributed by atoms with Crippen LogP contribution in [0, 0.1) is 5.82 Å². The van der Waals surface area contributed by atoms with Gasteiger partial charge in [0.25, 0.3) is 0 Å². The number of benzene rings is 1. The molecular weight excluding hydrogens is 315 g/mol. The number of aromatic nitrogens is 1. The number of rotatable bonds is 2. The lowest BCUT2D eigenvalue weighted by atomic mass is 10.2. The third-order valence-electron chi connectivity index (χ3n) is 2.31. The zero-order chi connectivity index (χ0) is 15.6. The van der Waals surface area contributed by atoms with Gasteiger partial charge in [-0.05, 0) is 39.0 Å². The zero-order valence-corrected chi connectivity index (χ0v) is 13.3. The van der Waals surface area contributed by atoms with E-state index in [0.29, 0.717) is 20.6 Å². The number of hydrogen-bond acceptors (Lipinski definition) is 4. The highest BCUT2D eigenvalue weighted by molar-refractivity contribution is 7.19. The van der Waals surface area contributed by atoms with E-state index in [1.807, 2.05) is 0 Å². The molecule has 0 atom stereocenters. The van der Waals surface area contributed by atoms with Crippen LogP contribution in [0.5, 0.6) is 0 Å². The maximum atomic E-state index is 13.8. The fourth-order valence-corrected chi connectivity index (χ4v) is 2.52. The number of halogens is 2. The number of nitrogens with zero attached hydrogens (tertiary/aromatic N) is 1. The molecule has 0 saturated heterocycles. The molecule has 1 aromatic carbocycles. The van der Waals surface area contributed by atoms with E-state index < -0.39 is 17.5 Å². The summed E-state index contributed by atoms with van der Waals surface area (Å²) in [5.41, 5.74) is -0.207. The van der Waals surface area contributed by atoms with Gasteiger partial charge in [0.05, 0.1) is 4.88 Å². The van der Waals surface area contributed by atoms with Gasteiger partial charge in [0, 0.05) is 16.8 Å². The summed E-state index contributed by atoms with van der Waals surface area (Å²) < 4.78 is 18.9. The number of carbonyl (C=O) groups excluding carboxylic acids is 1. The number of amides is 1. The van der Waals surface area contributed by atoms with Crippen molar-refractivity contribution in [1.29, 1.82) is 0 Å². The highest BCUT2D eigenvalue weighted by Gasteiger charge is 2.18. The molecule has 0 spiro atoms. The van der Waals surface area contributed by atoms with Crippen LogP contribution in [0.15, 0.2) is 24.4 Å². The number of anilines is 1. The van der Waals surface area contributed by atoms with Gasteiger partial charge in [0.1, 0.15) is 11.4 Å². The molecule has 1 amide bonds. The molecule has 0 bridgehead atoms. The Bertz CT molecular complexity index is 667. The summed E-state index contributed by atoms with van der Waals surface area (Å²) in [4.78, 5) is 16.3. The Hall–Kier alpha value is -1.66. The summed E-state index contributed by atoms with van der Waals surface area (Å²) in [6.45, 7) is 5.30. The van der Waals surface area contributed by atoms with Gasteiger partial charge in [0.15, 0.2) is 5.13 Å². The van der Waals surface area contributed by atoms with Crippen molar-refractivity contribution in [3.05, 3.63) is 35.2 Å². The van der Waals surface area contributed by atoms with Crippen molar-refractivity contribution in [3.63, 3.8) is 0 Å². The molecule has 1 heterocycles. The standard InChI is InChI=1S/C14H14ClFN2O2S/c1-14(2,3)20-13(19)18-12-17-7-11(21-12)9-5-4-8(15)6-10(9)16/h4-7H,1-3H3,(H,17,18,19). The zero-order valence-electron chi connectivity index (χ0n) is 11.7. The molecule has 0 radical (unpaired) electrons. The highest BCUT2D eigenvalue weighted by Crippen LogP contribution is 2.32. The van der Waals surface area contributed by atoms with E-state index >= 15 is 0 Å². The Morgan fingerprint density at radius 2 is 2.14 bits per heavy atom. The molecule has 1 aromatic heterocycles. The van der Waals surface area contributed by atoms with Crippen LogP contribution >= 0.6 is 22.9 Å². The Labute approximate surface area is 130 Å². The predicted octanol–water partition coefficient (Wildman–Crippen LogP) is 4.95. The van der Waals surface area contributed by atoms with Crippen LogP contribution in [0.25, 0.3) is 10.4 Å². The Morgan fingerprint density at radius 1 is 1.43 bits per heavy atom. The molecule has 7 heteroatoms. The second-order valence-electron chi connectivity index (χ2n) is 5.28. The average Bonchev–Trinajstić information content (AvgIpc) is 2.74. The molecule has 2 aromatic rings. The lowest BCUT2D eigenvalue weighted by Crippen LogP contribution is -2.27. The van der Waals surface area contributed by atoms with Gasteiger partial charge >= 0.3 is 6.09 Å². The van der Waals surface area contributed by atoms with E-state index in [9.17, 15) is 9.18 Å².